The number of nitrogens with two attached hydrogens (primary N) is 1. The summed E-state index contributed by atoms with van der Waals surface area (Å²) in [6, 6.07) is 9.23. The molecule has 0 fully saturated rings. The van der Waals surface area contributed by atoms with Crippen molar-refractivity contribution in [3.8, 4) is 11.6 Å². The fourth-order valence-electron chi connectivity index (χ4n) is 3.34. The zero-order chi connectivity index (χ0) is 21.8. The lowest BCUT2D eigenvalue weighted by Crippen LogP contribution is -2.34. The van der Waals surface area contributed by atoms with Crippen LogP contribution in [0.3, 0.4) is 0 Å². The number of benzene rings is 1. The Hall–Kier alpha value is -3.61. The predicted molar refractivity (Wildman–Crippen MR) is 119 cm³/mol. The van der Waals surface area contributed by atoms with E-state index in [-0.39, 0.29) is 18.3 Å². The van der Waals surface area contributed by atoms with Gasteiger partial charge < -0.3 is 10.5 Å². The Morgan fingerprint density at radius 3 is 2.67 bits per heavy atom. The average molecular weight is 406 g/mol. The van der Waals surface area contributed by atoms with Gasteiger partial charge in [0, 0.05) is 6.20 Å². The zero-order valence-electron chi connectivity index (χ0n) is 17.6. The summed E-state index contributed by atoms with van der Waals surface area (Å²) in [5.74, 6) is 0.980. The van der Waals surface area contributed by atoms with Gasteiger partial charge >= 0.3 is 5.69 Å². The molecule has 0 bridgehead atoms. The molecule has 1 aromatic carbocycles. The van der Waals surface area contributed by atoms with Crippen LogP contribution in [-0.2, 0) is 6.54 Å². The van der Waals surface area contributed by atoms with Crippen molar-refractivity contribution in [1.82, 2.24) is 14.5 Å². The highest BCUT2D eigenvalue weighted by Gasteiger charge is 2.20. The number of anilines is 1. The average Bonchev–Trinajstić information content (AvgIpc) is 2.64. The van der Waals surface area contributed by atoms with Crippen LogP contribution in [-0.4, -0.2) is 14.5 Å². The number of allylic oxidation sites excluding steroid dienone is 1. The molecule has 0 atom stereocenters. The van der Waals surface area contributed by atoms with Gasteiger partial charge in [0.1, 0.15) is 11.6 Å². The van der Waals surface area contributed by atoms with E-state index < -0.39 is 11.2 Å². The number of nitrogen functional groups attached to an aromatic ring is 1. The number of aromatic nitrogens is 3. The minimum Gasteiger partial charge on any atom is -0.440 e. The third kappa shape index (κ3) is 4.68. The fourth-order valence-corrected chi connectivity index (χ4v) is 3.34. The van der Waals surface area contributed by atoms with Crippen LogP contribution in [0, 0.1) is 6.92 Å². The topological polar surface area (TPSA) is 103 Å². The van der Waals surface area contributed by atoms with Crippen molar-refractivity contribution in [2.24, 2.45) is 0 Å². The molecule has 2 aromatic heterocycles. The lowest BCUT2D eigenvalue weighted by atomic mass is 10.1. The van der Waals surface area contributed by atoms with E-state index in [1.54, 1.807) is 18.3 Å². The number of rotatable bonds is 6. The molecule has 156 valence electrons. The van der Waals surface area contributed by atoms with E-state index in [1.807, 2.05) is 58.0 Å². The van der Waals surface area contributed by atoms with Crippen LogP contribution >= 0.6 is 0 Å². The predicted octanol–water partition coefficient (Wildman–Crippen LogP) is 3.82. The molecule has 0 aliphatic rings. The third-order valence-corrected chi connectivity index (χ3v) is 4.60. The van der Waals surface area contributed by atoms with E-state index in [1.165, 1.54) is 4.57 Å². The Morgan fingerprint density at radius 1 is 1.23 bits per heavy atom. The minimum atomic E-state index is -0.545. The normalized spacial score (nSPS) is 11.4. The first-order chi connectivity index (χ1) is 14.3. The summed E-state index contributed by atoms with van der Waals surface area (Å²) in [5.41, 5.74) is 7.95. The standard InChI is InChI=1S/C23H26N4O3/c1-5-6-16-9-15(4)10-18(11-16)30-22-20(14(2)3)21(28)26-23(29)27(22)13-17-7-8-25-19(24)12-17/h5-12,14H,13H2,1-4H3,(H2,24,25)(H,26,28,29)/b6-5+. The van der Waals surface area contributed by atoms with Crippen molar-refractivity contribution >= 4 is 11.9 Å². The number of aromatic amines is 1. The molecule has 0 amide bonds. The van der Waals surface area contributed by atoms with Gasteiger partial charge in [-0.15, -0.1) is 0 Å². The maximum atomic E-state index is 12.7. The fraction of sp³-hybridized carbons (Fsp3) is 0.261. The minimum absolute atomic E-state index is 0.155. The number of aryl methyl sites for hydroxylation is 1. The highest BCUT2D eigenvalue weighted by Crippen LogP contribution is 2.29. The Morgan fingerprint density at radius 2 is 2.00 bits per heavy atom. The summed E-state index contributed by atoms with van der Waals surface area (Å²) in [4.78, 5) is 31.7. The van der Waals surface area contributed by atoms with Crippen LogP contribution in [0.1, 0.15) is 48.9 Å². The molecule has 0 saturated carbocycles. The van der Waals surface area contributed by atoms with E-state index in [0.29, 0.717) is 17.1 Å². The highest BCUT2D eigenvalue weighted by molar-refractivity contribution is 5.53. The van der Waals surface area contributed by atoms with E-state index in [2.05, 4.69) is 9.97 Å². The van der Waals surface area contributed by atoms with E-state index in [9.17, 15) is 9.59 Å². The smallest absolute Gasteiger partial charge is 0.331 e. The van der Waals surface area contributed by atoms with Gasteiger partial charge in [-0.2, -0.15) is 0 Å². The first kappa shape index (κ1) is 21.1. The van der Waals surface area contributed by atoms with Gasteiger partial charge in [-0.3, -0.25) is 14.3 Å². The lowest BCUT2D eigenvalue weighted by Gasteiger charge is -2.19. The summed E-state index contributed by atoms with van der Waals surface area (Å²) < 4.78 is 7.62. The second-order valence-electron chi connectivity index (χ2n) is 7.49. The van der Waals surface area contributed by atoms with Crippen molar-refractivity contribution in [2.45, 2.75) is 40.2 Å². The van der Waals surface area contributed by atoms with E-state index >= 15 is 0 Å². The summed E-state index contributed by atoms with van der Waals surface area (Å²) in [5, 5.41) is 0. The molecule has 3 aromatic rings. The summed E-state index contributed by atoms with van der Waals surface area (Å²) in [6.07, 6.45) is 5.48. The second-order valence-corrected chi connectivity index (χ2v) is 7.49. The van der Waals surface area contributed by atoms with E-state index in [4.69, 9.17) is 10.5 Å². The molecule has 2 heterocycles. The van der Waals surface area contributed by atoms with Crippen LogP contribution in [0.25, 0.3) is 6.08 Å². The quantitative estimate of drug-likeness (QED) is 0.648. The molecule has 0 saturated heterocycles. The zero-order valence-corrected chi connectivity index (χ0v) is 17.6. The van der Waals surface area contributed by atoms with Crippen LogP contribution in [0.5, 0.6) is 11.6 Å². The van der Waals surface area contributed by atoms with Crippen LogP contribution < -0.4 is 21.7 Å². The van der Waals surface area contributed by atoms with E-state index in [0.717, 1.165) is 16.7 Å². The number of pyridine rings is 1. The number of nitrogens with one attached hydrogen (secondary N) is 1. The van der Waals surface area contributed by atoms with Crippen molar-refractivity contribution in [1.29, 1.82) is 0 Å². The molecule has 30 heavy (non-hydrogen) atoms. The van der Waals surface area contributed by atoms with Gasteiger partial charge in [0.05, 0.1) is 12.1 Å². The second kappa shape index (κ2) is 8.82. The lowest BCUT2D eigenvalue weighted by molar-refractivity contribution is 0.410. The first-order valence-electron chi connectivity index (χ1n) is 9.78. The number of nitrogens with zero attached hydrogens (tertiary/aromatic N) is 2. The molecule has 3 N–H and O–H groups in total. The van der Waals surface area contributed by atoms with Crippen molar-refractivity contribution in [3.05, 3.63) is 85.7 Å². The van der Waals surface area contributed by atoms with Crippen molar-refractivity contribution < 1.29 is 4.74 Å². The Kier molecular flexibility index (Phi) is 6.20. The van der Waals surface area contributed by atoms with Crippen molar-refractivity contribution in [2.75, 3.05) is 5.73 Å². The van der Waals surface area contributed by atoms with Gasteiger partial charge in [-0.25, -0.2) is 9.78 Å². The Labute approximate surface area is 174 Å². The Balaban J connectivity index is 2.18. The van der Waals surface area contributed by atoms with Crippen LogP contribution in [0.2, 0.25) is 0 Å². The van der Waals surface area contributed by atoms with Gasteiger partial charge in [0.2, 0.25) is 5.88 Å². The van der Waals surface area contributed by atoms with Crippen molar-refractivity contribution in [3.63, 3.8) is 0 Å². The maximum absolute atomic E-state index is 12.7. The maximum Gasteiger partial charge on any atom is 0.331 e. The highest BCUT2D eigenvalue weighted by atomic mass is 16.5. The van der Waals surface area contributed by atoms with Gasteiger partial charge in [0.25, 0.3) is 5.56 Å². The number of ether oxygens (including phenoxy) is 1. The largest absolute Gasteiger partial charge is 0.440 e. The molecule has 3 rings (SSSR count). The summed E-state index contributed by atoms with van der Waals surface area (Å²) in [6.45, 7) is 7.86. The molecule has 7 nitrogen and oxygen atoms in total. The third-order valence-electron chi connectivity index (χ3n) is 4.60. The molecular formula is C23H26N4O3. The van der Waals surface area contributed by atoms with Crippen LogP contribution in [0.15, 0.2) is 52.2 Å². The molecule has 0 spiro atoms. The monoisotopic (exact) mass is 406 g/mol. The number of hydrogen-bond acceptors (Lipinski definition) is 5. The number of hydrogen-bond donors (Lipinski definition) is 2. The van der Waals surface area contributed by atoms with Crippen LogP contribution in [0.4, 0.5) is 5.82 Å². The number of H-pyrrole nitrogens is 1. The first-order valence-corrected chi connectivity index (χ1v) is 9.78. The van der Waals surface area contributed by atoms with Gasteiger partial charge in [-0.05, 0) is 60.7 Å². The molecule has 0 radical (unpaired) electrons. The molecule has 0 aliphatic heterocycles. The van der Waals surface area contributed by atoms with Gasteiger partial charge in [-0.1, -0.05) is 32.1 Å². The SMILES string of the molecule is C/C=C/c1cc(C)cc(Oc2c(C(C)C)c(=O)[nH]c(=O)n2Cc2ccnc(N)c2)c1. The molecule has 0 aliphatic carbocycles. The molecular weight excluding hydrogens is 380 g/mol. The molecule has 7 heteroatoms. The summed E-state index contributed by atoms with van der Waals surface area (Å²) in [7, 11) is 0. The Bertz CT molecular complexity index is 1210. The van der Waals surface area contributed by atoms with Gasteiger partial charge in [0.15, 0.2) is 0 Å². The summed E-state index contributed by atoms with van der Waals surface area (Å²) >= 11 is 0. The molecule has 0 unspecified atom stereocenters.